The van der Waals surface area contributed by atoms with Crippen molar-refractivity contribution in [2.24, 2.45) is 0 Å². The second-order valence-corrected chi connectivity index (χ2v) is 10.4. The zero-order chi connectivity index (χ0) is 27.1. The van der Waals surface area contributed by atoms with E-state index >= 15 is 0 Å². The molecular formula is C29H41FN2O4. The van der Waals surface area contributed by atoms with Gasteiger partial charge in [-0.05, 0) is 53.9 Å². The number of nitrogens with one attached hydrogen (secondary N) is 2. The molecule has 2 rings (SSSR count). The number of alkyl halides is 1. The van der Waals surface area contributed by atoms with Gasteiger partial charge in [0.2, 0.25) is 5.91 Å². The number of carbonyl (C=O) groups is 2. The molecule has 0 saturated heterocycles. The van der Waals surface area contributed by atoms with Crippen LogP contribution in [0.5, 0.6) is 11.5 Å². The summed E-state index contributed by atoms with van der Waals surface area (Å²) in [5, 5.41) is 15.5. The van der Waals surface area contributed by atoms with Gasteiger partial charge in [0.25, 0.3) is 5.91 Å². The van der Waals surface area contributed by atoms with Crippen molar-refractivity contribution in [2.75, 3.05) is 17.3 Å². The molecule has 0 aromatic heterocycles. The number of carbonyl (C=O) groups excluding carboxylic acids is 2. The molecular weight excluding hydrogens is 459 g/mol. The van der Waals surface area contributed by atoms with Crippen LogP contribution in [0.1, 0.15) is 85.3 Å². The van der Waals surface area contributed by atoms with E-state index in [4.69, 9.17) is 4.74 Å². The number of hydrogen-bond acceptors (Lipinski definition) is 4. The molecule has 7 heteroatoms. The van der Waals surface area contributed by atoms with E-state index in [1.54, 1.807) is 12.1 Å². The van der Waals surface area contributed by atoms with Crippen molar-refractivity contribution < 1.29 is 23.8 Å². The number of hydrogen-bond donors (Lipinski definition) is 3. The Bertz CT molecular complexity index is 1070. The van der Waals surface area contributed by atoms with E-state index in [2.05, 4.69) is 64.3 Å². The van der Waals surface area contributed by atoms with Crippen LogP contribution in [0.4, 0.5) is 15.8 Å². The number of rotatable bonds is 12. The van der Waals surface area contributed by atoms with Crippen molar-refractivity contribution in [1.29, 1.82) is 0 Å². The van der Waals surface area contributed by atoms with Crippen LogP contribution >= 0.6 is 0 Å². The van der Waals surface area contributed by atoms with Crippen LogP contribution in [-0.2, 0) is 20.4 Å². The molecule has 0 saturated carbocycles. The summed E-state index contributed by atoms with van der Waals surface area (Å²) >= 11 is 0. The smallest absolute Gasteiger partial charge is 0.265 e. The lowest BCUT2D eigenvalue weighted by molar-refractivity contribution is -0.123. The van der Waals surface area contributed by atoms with E-state index in [1.165, 1.54) is 11.6 Å². The van der Waals surface area contributed by atoms with Crippen LogP contribution in [-0.4, -0.2) is 29.7 Å². The van der Waals surface area contributed by atoms with Crippen LogP contribution in [0.25, 0.3) is 0 Å². The average Bonchev–Trinajstić information content (AvgIpc) is 2.84. The molecule has 2 aromatic carbocycles. The number of phenols is 1. The number of phenolic OH excluding ortho intramolecular Hbond substituents is 1. The van der Waals surface area contributed by atoms with Crippen molar-refractivity contribution in [3.63, 3.8) is 0 Å². The van der Waals surface area contributed by atoms with Crippen molar-refractivity contribution in [1.82, 2.24) is 0 Å². The van der Waals surface area contributed by atoms with Gasteiger partial charge in [-0.3, -0.25) is 14.0 Å². The molecule has 0 bridgehead atoms. The summed E-state index contributed by atoms with van der Waals surface area (Å²) in [4.78, 5) is 25.1. The first-order valence-corrected chi connectivity index (χ1v) is 12.7. The third-order valence-electron chi connectivity index (χ3n) is 7.08. The summed E-state index contributed by atoms with van der Waals surface area (Å²) in [6.07, 6.45) is 1.14. The Morgan fingerprint density at radius 2 is 1.67 bits per heavy atom. The predicted molar refractivity (Wildman–Crippen MR) is 144 cm³/mol. The van der Waals surface area contributed by atoms with Crippen LogP contribution in [0, 0.1) is 0 Å². The molecule has 198 valence electrons. The Labute approximate surface area is 214 Å². The fourth-order valence-electron chi connectivity index (χ4n) is 3.73. The number of amides is 2. The summed E-state index contributed by atoms with van der Waals surface area (Å²) in [6.45, 7) is 14.1. The standard InChI is InChI=1S/C29H41FN2O4/c1-8-23(27(35)31-21-12-11-13-22(33)26(21)32-25(34)16-17-30)36-24-15-14-19(28(4,5)9-2)18-20(24)29(6,7)10-3/h11-15,18,23,33H,8-10,16-17H2,1-7H3,(H,31,35)(H,32,34). The van der Waals surface area contributed by atoms with Crippen LogP contribution < -0.4 is 15.4 Å². The molecule has 6 nitrogen and oxygen atoms in total. The maximum atomic E-state index is 13.2. The highest BCUT2D eigenvalue weighted by molar-refractivity contribution is 6.02. The summed E-state index contributed by atoms with van der Waals surface area (Å²) in [7, 11) is 0. The topological polar surface area (TPSA) is 87.7 Å². The monoisotopic (exact) mass is 500 g/mol. The Morgan fingerprint density at radius 1 is 1.00 bits per heavy atom. The zero-order valence-corrected chi connectivity index (χ0v) is 22.6. The Hall–Kier alpha value is -3.09. The molecule has 0 spiro atoms. The van der Waals surface area contributed by atoms with Gasteiger partial charge in [0.05, 0.1) is 18.8 Å². The molecule has 0 heterocycles. The molecule has 1 unspecified atom stereocenters. The van der Waals surface area contributed by atoms with Gasteiger partial charge in [0, 0.05) is 5.56 Å². The van der Waals surface area contributed by atoms with Gasteiger partial charge >= 0.3 is 0 Å². The van der Waals surface area contributed by atoms with Gasteiger partial charge in [-0.2, -0.15) is 0 Å². The number of benzene rings is 2. The molecule has 2 aromatic rings. The SMILES string of the molecule is CCC(Oc1ccc(C(C)(C)CC)cc1C(C)(C)CC)C(=O)Nc1cccc(O)c1NC(=O)CCF. The summed E-state index contributed by atoms with van der Waals surface area (Å²) in [5.41, 5.74) is 2.35. The molecule has 0 aliphatic carbocycles. The minimum atomic E-state index is -0.822. The van der Waals surface area contributed by atoms with Gasteiger partial charge < -0.3 is 20.5 Å². The molecule has 0 fully saturated rings. The van der Waals surface area contributed by atoms with Crippen molar-refractivity contribution >= 4 is 23.2 Å². The first-order valence-electron chi connectivity index (χ1n) is 12.7. The van der Waals surface area contributed by atoms with Crippen LogP contribution in [0.15, 0.2) is 36.4 Å². The van der Waals surface area contributed by atoms with E-state index in [1.807, 2.05) is 13.0 Å². The third-order valence-corrected chi connectivity index (χ3v) is 7.08. The molecule has 0 aliphatic rings. The zero-order valence-electron chi connectivity index (χ0n) is 22.6. The highest BCUT2D eigenvalue weighted by Crippen LogP contribution is 2.39. The maximum Gasteiger partial charge on any atom is 0.265 e. The second-order valence-electron chi connectivity index (χ2n) is 10.4. The molecule has 2 amide bonds. The highest BCUT2D eigenvalue weighted by Gasteiger charge is 2.29. The Kier molecular flexibility index (Phi) is 9.91. The minimum Gasteiger partial charge on any atom is -0.506 e. The maximum absolute atomic E-state index is 13.2. The lowest BCUT2D eigenvalue weighted by Crippen LogP contribution is -2.33. The van der Waals surface area contributed by atoms with E-state index in [-0.39, 0.29) is 34.4 Å². The molecule has 3 N–H and O–H groups in total. The van der Waals surface area contributed by atoms with E-state index in [0.29, 0.717) is 12.2 Å². The van der Waals surface area contributed by atoms with Crippen LogP contribution in [0.3, 0.4) is 0 Å². The average molecular weight is 501 g/mol. The first-order chi connectivity index (χ1) is 16.9. The fourth-order valence-corrected chi connectivity index (χ4v) is 3.73. The van der Waals surface area contributed by atoms with Crippen molar-refractivity contribution in [3.05, 3.63) is 47.5 Å². The lowest BCUT2D eigenvalue weighted by atomic mass is 9.76. The largest absolute Gasteiger partial charge is 0.506 e. The number of ether oxygens (including phenoxy) is 1. The Balaban J connectivity index is 2.37. The normalized spacial score (nSPS) is 12.7. The molecule has 0 aliphatic heterocycles. The third kappa shape index (κ3) is 6.99. The number of halogens is 1. The lowest BCUT2D eigenvalue weighted by Gasteiger charge is -2.31. The van der Waals surface area contributed by atoms with Gasteiger partial charge in [-0.1, -0.05) is 66.7 Å². The molecule has 1 atom stereocenters. The van der Waals surface area contributed by atoms with Crippen molar-refractivity contribution in [3.8, 4) is 11.5 Å². The number of aromatic hydroxyl groups is 1. The van der Waals surface area contributed by atoms with Crippen LogP contribution in [0.2, 0.25) is 0 Å². The number of para-hydroxylation sites is 1. The quantitative estimate of drug-likeness (QED) is 0.278. The summed E-state index contributed by atoms with van der Waals surface area (Å²) in [6, 6.07) is 10.7. The minimum absolute atomic E-state index is 0.0108. The second kappa shape index (κ2) is 12.2. The van der Waals surface area contributed by atoms with Crippen molar-refractivity contribution in [2.45, 2.75) is 91.1 Å². The van der Waals surface area contributed by atoms with E-state index in [0.717, 1.165) is 18.4 Å². The fraction of sp³-hybridized carbons (Fsp3) is 0.517. The highest BCUT2D eigenvalue weighted by atomic mass is 19.1. The van der Waals surface area contributed by atoms with Gasteiger partial charge in [-0.25, -0.2) is 0 Å². The van der Waals surface area contributed by atoms with E-state index in [9.17, 15) is 19.1 Å². The Morgan fingerprint density at radius 3 is 2.25 bits per heavy atom. The molecule has 36 heavy (non-hydrogen) atoms. The number of anilines is 2. The van der Waals surface area contributed by atoms with Gasteiger partial charge in [0.15, 0.2) is 6.10 Å². The van der Waals surface area contributed by atoms with Gasteiger partial charge in [-0.15, -0.1) is 0 Å². The van der Waals surface area contributed by atoms with Gasteiger partial charge in [0.1, 0.15) is 17.2 Å². The predicted octanol–water partition coefficient (Wildman–Crippen LogP) is 6.86. The first kappa shape index (κ1) is 29.1. The van der Waals surface area contributed by atoms with E-state index < -0.39 is 24.6 Å². The molecule has 0 radical (unpaired) electrons. The summed E-state index contributed by atoms with van der Waals surface area (Å²) in [5.74, 6) is -0.580. The summed E-state index contributed by atoms with van der Waals surface area (Å²) < 4.78 is 18.9.